The number of hydrogen-bond acceptors (Lipinski definition) is 2. The van der Waals surface area contributed by atoms with E-state index in [1.54, 1.807) is 0 Å². The Hall–Kier alpha value is -0.0800. The number of unbranched alkanes of at least 4 members (excludes halogenated alkanes) is 1. The molecular formula is C13H27NO. The Bertz CT molecular complexity index is 143. The Morgan fingerprint density at radius 2 is 1.80 bits per heavy atom. The molecule has 1 saturated heterocycles. The van der Waals surface area contributed by atoms with Crippen LogP contribution in [-0.2, 0) is 0 Å². The average molecular weight is 213 g/mol. The summed E-state index contributed by atoms with van der Waals surface area (Å²) in [5, 5.41) is 9.57. The average Bonchev–Trinajstić information content (AvgIpc) is 2.26. The first-order chi connectivity index (χ1) is 7.33. The van der Waals surface area contributed by atoms with E-state index in [0.717, 1.165) is 19.3 Å². The molecule has 15 heavy (non-hydrogen) atoms. The van der Waals surface area contributed by atoms with E-state index in [4.69, 9.17) is 0 Å². The number of piperidine rings is 1. The molecule has 1 heterocycles. The van der Waals surface area contributed by atoms with Gasteiger partial charge in [-0.15, -0.1) is 0 Å². The van der Waals surface area contributed by atoms with Crippen LogP contribution in [0.25, 0.3) is 0 Å². The van der Waals surface area contributed by atoms with Crippen molar-refractivity contribution in [1.29, 1.82) is 0 Å². The summed E-state index contributed by atoms with van der Waals surface area (Å²) in [6.45, 7) is 5.99. The Kier molecular flexibility index (Phi) is 7.03. The minimum atomic E-state index is -0.0450. The standard InChI is InChI=1S/C13H27NO/c1-2-8-13(15)9-4-7-12-14-10-5-3-6-11-14/h13,15H,2-12H2,1H3. The fourth-order valence-corrected chi connectivity index (χ4v) is 2.38. The summed E-state index contributed by atoms with van der Waals surface area (Å²) >= 11 is 0. The van der Waals surface area contributed by atoms with Gasteiger partial charge >= 0.3 is 0 Å². The molecule has 0 aromatic carbocycles. The fraction of sp³-hybridized carbons (Fsp3) is 1.00. The second-order valence-corrected chi connectivity index (χ2v) is 4.84. The largest absolute Gasteiger partial charge is 0.393 e. The van der Waals surface area contributed by atoms with E-state index in [2.05, 4.69) is 11.8 Å². The first-order valence-electron chi connectivity index (χ1n) is 6.73. The highest BCUT2D eigenvalue weighted by atomic mass is 16.3. The molecule has 1 N–H and O–H groups in total. The predicted molar refractivity (Wildman–Crippen MR) is 65.1 cm³/mol. The van der Waals surface area contributed by atoms with E-state index in [1.165, 1.54) is 51.7 Å². The van der Waals surface area contributed by atoms with E-state index >= 15 is 0 Å². The number of nitrogens with zero attached hydrogens (tertiary/aromatic N) is 1. The molecule has 1 atom stereocenters. The van der Waals surface area contributed by atoms with Crippen molar-refractivity contribution in [3.8, 4) is 0 Å². The lowest BCUT2D eigenvalue weighted by atomic mass is 10.1. The van der Waals surface area contributed by atoms with Crippen LogP contribution in [-0.4, -0.2) is 35.7 Å². The predicted octanol–water partition coefficient (Wildman–Crippen LogP) is 2.80. The molecule has 1 aliphatic rings. The monoisotopic (exact) mass is 213 g/mol. The van der Waals surface area contributed by atoms with Gasteiger partial charge in [-0.25, -0.2) is 0 Å². The molecule has 1 fully saturated rings. The third-order valence-electron chi connectivity index (χ3n) is 3.33. The van der Waals surface area contributed by atoms with Gasteiger partial charge in [0.2, 0.25) is 0 Å². The summed E-state index contributed by atoms with van der Waals surface area (Å²) in [5.74, 6) is 0. The van der Waals surface area contributed by atoms with Crippen molar-refractivity contribution in [2.24, 2.45) is 0 Å². The van der Waals surface area contributed by atoms with Crippen LogP contribution < -0.4 is 0 Å². The molecule has 1 rings (SSSR count). The smallest absolute Gasteiger partial charge is 0.0540 e. The van der Waals surface area contributed by atoms with Crippen LogP contribution in [0.1, 0.15) is 58.3 Å². The van der Waals surface area contributed by atoms with Crippen molar-refractivity contribution < 1.29 is 5.11 Å². The summed E-state index contributed by atoms with van der Waals surface area (Å²) in [6.07, 6.45) is 9.69. The normalized spacial score (nSPS) is 20.4. The molecule has 1 aliphatic heterocycles. The highest BCUT2D eigenvalue weighted by molar-refractivity contribution is 4.64. The van der Waals surface area contributed by atoms with Crippen molar-refractivity contribution in [3.05, 3.63) is 0 Å². The quantitative estimate of drug-likeness (QED) is 0.657. The molecule has 2 nitrogen and oxygen atoms in total. The Labute approximate surface area is 94.7 Å². The molecule has 90 valence electrons. The number of rotatable bonds is 7. The zero-order chi connectivity index (χ0) is 10.9. The van der Waals surface area contributed by atoms with Crippen molar-refractivity contribution >= 4 is 0 Å². The van der Waals surface area contributed by atoms with E-state index in [0.29, 0.717) is 0 Å². The molecule has 0 radical (unpaired) electrons. The lowest BCUT2D eigenvalue weighted by Gasteiger charge is -2.26. The van der Waals surface area contributed by atoms with E-state index in [1.807, 2.05) is 0 Å². The van der Waals surface area contributed by atoms with Gasteiger partial charge in [0, 0.05) is 0 Å². The third-order valence-corrected chi connectivity index (χ3v) is 3.33. The van der Waals surface area contributed by atoms with E-state index in [9.17, 15) is 5.11 Å². The summed E-state index contributed by atoms with van der Waals surface area (Å²) in [7, 11) is 0. The van der Waals surface area contributed by atoms with Crippen LogP contribution in [0.2, 0.25) is 0 Å². The first-order valence-corrected chi connectivity index (χ1v) is 6.73. The van der Waals surface area contributed by atoms with Gasteiger partial charge in [-0.3, -0.25) is 0 Å². The number of aliphatic hydroxyl groups is 1. The van der Waals surface area contributed by atoms with Crippen molar-refractivity contribution in [1.82, 2.24) is 4.90 Å². The van der Waals surface area contributed by atoms with Crippen LogP contribution in [0.3, 0.4) is 0 Å². The topological polar surface area (TPSA) is 23.5 Å². The molecule has 0 spiro atoms. The maximum Gasteiger partial charge on any atom is 0.0540 e. The number of hydrogen-bond donors (Lipinski definition) is 1. The molecule has 0 aromatic rings. The van der Waals surface area contributed by atoms with Crippen molar-refractivity contribution in [2.45, 2.75) is 64.4 Å². The van der Waals surface area contributed by atoms with Crippen LogP contribution in [0.5, 0.6) is 0 Å². The lowest BCUT2D eigenvalue weighted by Crippen LogP contribution is -2.30. The summed E-state index contributed by atoms with van der Waals surface area (Å²) in [4.78, 5) is 2.58. The number of likely N-dealkylation sites (tertiary alicyclic amines) is 1. The summed E-state index contributed by atoms with van der Waals surface area (Å²) in [6, 6.07) is 0. The van der Waals surface area contributed by atoms with Crippen LogP contribution >= 0.6 is 0 Å². The van der Waals surface area contributed by atoms with Crippen LogP contribution in [0, 0.1) is 0 Å². The van der Waals surface area contributed by atoms with Gasteiger partial charge in [-0.05, 0) is 58.2 Å². The first kappa shape index (κ1) is 13.0. The Morgan fingerprint density at radius 1 is 1.07 bits per heavy atom. The maximum absolute atomic E-state index is 9.57. The Morgan fingerprint density at radius 3 is 2.47 bits per heavy atom. The van der Waals surface area contributed by atoms with Gasteiger partial charge in [0.25, 0.3) is 0 Å². The maximum atomic E-state index is 9.57. The van der Waals surface area contributed by atoms with Gasteiger partial charge in [-0.1, -0.05) is 19.8 Å². The van der Waals surface area contributed by atoms with E-state index < -0.39 is 0 Å². The van der Waals surface area contributed by atoms with Crippen LogP contribution in [0.4, 0.5) is 0 Å². The number of aliphatic hydroxyl groups excluding tert-OH is 1. The molecule has 0 amide bonds. The lowest BCUT2D eigenvalue weighted by molar-refractivity contribution is 0.146. The highest BCUT2D eigenvalue weighted by Crippen LogP contribution is 2.11. The SMILES string of the molecule is CCCC(O)CCCCN1CCCCC1. The van der Waals surface area contributed by atoms with E-state index in [-0.39, 0.29) is 6.10 Å². The van der Waals surface area contributed by atoms with Gasteiger partial charge < -0.3 is 10.0 Å². The van der Waals surface area contributed by atoms with Gasteiger partial charge in [0.15, 0.2) is 0 Å². The molecular weight excluding hydrogens is 186 g/mol. The summed E-state index contributed by atoms with van der Waals surface area (Å²) in [5.41, 5.74) is 0. The Balaban J connectivity index is 1.91. The molecule has 0 aromatic heterocycles. The van der Waals surface area contributed by atoms with Gasteiger partial charge in [0.1, 0.15) is 0 Å². The highest BCUT2D eigenvalue weighted by Gasteiger charge is 2.09. The van der Waals surface area contributed by atoms with Gasteiger partial charge in [0.05, 0.1) is 6.10 Å². The van der Waals surface area contributed by atoms with Gasteiger partial charge in [-0.2, -0.15) is 0 Å². The minimum absolute atomic E-state index is 0.0450. The second-order valence-electron chi connectivity index (χ2n) is 4.84. The van der Waals surface area contributed by atoms with Crippen LogP contribution in [0.15, 0.2) is 0 Å². The second kappa shape index (κ2) is 8.12. The third kappa shape index (κ3) is 6.16. The van der Waals surface area contributed by atoms with Crippen molar-refractivity contribution in [3.63, 3.8) is 0 Å². The molecule has 1 unspecified atom stereocenters. The minimum Gasteiger partial charge on any atom is -0.393 e. The fourth-order valence-electron chi connectivity index (χ4n) is 2.38. The molecule has 0 aliphatic carbocycles. The molecule has 0 saturated carbocycles. The molecule has 0 bridgehead atoms. The zero-order valence-corrected chi connectivity index (χ0v) is 10.2. The molecule has 2 heteroatoms. The summed E-state index contributed by atoms with van der Waals surface area (Å²) < 4.78 is 0. The van der Waals surface area contributed by atoms with Crippen molar-refractivity contribution in [2.75, 3.05) is 19.6 Å². The zero-order valence-electron chi connectivity index (χ0n) is 10.2.